The molecule has 6 heteroatoms. The van der Waals surface area contributed by atoms with Gasteiger partial charge in [-0.3, -0.25) is 0 Å². The van der Waals surface area contributed by atoms with Crippen LogP contribution < -0.4 is 10.5 Å². The number of ether oxygens (including phenoxy) is 1. The molecule has 0 aliphatic carbocycles. The zero-order valence-electron chi connectivity index (χ0n) is 11.9. The van der Waals surface area contributed by atoms with Crippen LogP contribution in [0.1, 0.15) is 33.1 Å². The van der Waals surface area contributed by atoms with E-state index in [0.29, 0.717) is 6.04 Å². The van der Waals surface area contributed by atoms with Gasteiger partial charge in [0.05, 0.1) is 10.5 Å². The first-order valence-corrected chi connectivity index (χ1v) is 8.40. The maximum absolute atomic E-state index is 11.2. The molecular formula is C14H22N2O3S. The number of rotatable bonds is 4. The molecule has 0 spiro atoms. The third-order valence-electron chi connectivity index (χ3n) is 3.90. The van der Waals surface area contributed by atoms with Crippen molar-refractivity contribution in [3.05, 3.63) is 24.3 Å². The van der Waals surface area contributed by atoms with E-state index in [-0.39, 0.29) is 10.5 Å². The van der Waals surface area contributed by atoms with Gasteiger partial charge in [0.2, 0.25) is 10.0 Å². The Morgan fingerprint density at radius 1 is 1.40 bits per heavy atom. The monoisotopic (exact) mass is 298 g/mol. The maximum atomic E-state index is 11.2. The normalized spacial score (nSPS) is 27.2. The maximum Gasteiger partial charge on any atom is 0.238 e. The van der Waals surface area contributed by atoms with Gasteiger partial charge in [-0.2, -0.15) is 0 Å². The van der Waals surface area contributed by atoms with Gasteiger partial charge in [-0.25, -0.2) is 13.6 Å². The lowest BCUT2D eigenvalue weighted by molar-refractivity contribution is -0.0708. The Hall–Kier alpha value is -1.11. The van der Waals surface area contributed by atoms with Crippen LogP contribution in [0, 0.1) is 0 Å². The second-order valence-corrected chi connectivity index (χ2v) is 7.12. The number of hydrogen-bond acceptors (Lipinski definition) is 4. The lowest BCUT2D eigenvalue weighted by atomic mass is 9.90. The molecule has 0 bridgehead atoms. The van der Waals surface area contributed by atoms with Crippen LogP contribution in [0.4, 0.5) is 5.69 Å². The lowest BCUT2D eigenvalue weighted by Gasteiger charge is -2.38. The summed E-state index contributed by atoms with van der Waals surface area (Å²) in [6.07, 6.45) is 2.88. The van der Waals surface area contributed by atoms with Crippen molar-refractivity contribution in [1.29, 1.82) is 0 Å². The Morgan fingerprint density at radius 3 is 2.60 bits per heavy atom. The molecule has 1 aliphatic heterocycles. The molecule has 0 aromatic heterocycles. The van der Waals surface area contributed by atoms with E-state index in [9.17, 15) is 8.42 Å². The summed E-state index contributed by atoms with van der Waals surface area (Å²) in [5.74, 6) is 0. The predicted octanol–water partition coefficient (Wildman–Crippen LogP) is 2.09. The van der Waals surface area contributed by atoms with Crippen molar-refractivity contribution in [3.63, 3.8) is 0 Å². The molecule has 1 aromatic carbocycles. The smallest absolute Gasteiger partial charge is 0.238 e. The summed E-state index contributed by atoms with van der Waals surface area (Å²) in [6, 6.07) is 6.89. The third kappa shape index (κ3) is 3.71. The minimum absolute atomic E-state index is 0.0730. The molecule has 1 saturated heterocycles. The first-order valence-electron chi connectivity index (χ1n) is 6.86. The number of nitrogens with two attached hydrogens (primary N) is 1. The van der Waals surface area contributed by atoms with Crippen molar-refractivity contribution in [1.82, 2.24) is 0 Å². The summed E-state index contributed by atoms with van der Waals surface area (Å²) in [5, 5.41) is 8.51. The van der Waals surface area contributed by atoms with Crippen LogP contribution in [-0.2, 0) is 14.8 Å². The number of sulfonamides is 1. The van der Waals surface area contributed by atoms with Gasteiger partial charge >= 0.3 is 0 Å². The van der Waals surface area contributed by atoms with E-state index >= 15 is 0 Å². The average Bonchev–Trinajstić information content (AvgIpc) is 2.38. The van der Waals surface area contributed by atoms with Gasteiger partial charge in [-0.15, -0.1) is 0 Å². The second-order valence-electron chi connectivity index (χ2n) is 5.56. The standard InChI is InChI=1S/C14H22N2O3S/c1-3-14(2)10-12(8-9-19-14)16-11-4-6-13(7-5-11)20(15,17)18/h4-7,12,16H,3,8-10H2,1-2H3,(H2,15,17,18). The topological polar surface area (TPSA) is 81.4 Å². The second kappa shape index (κ2) is 5.71. The van der Waals surface area contributed by atoms with E-state index in [1.165, 1.54) is 12.1 Å². The molecule has 2 unspecified atom stereocenters. The zero-order valence-corrected chi connectivity index (χ0v) is 12.7. The molecule has 2 atom stereocenters. The van der Waals surface area contributed by atoms with Crippen molar-refractivity contribution < 1.29 is 13.2 Å². The summed E-state index contributed by atoms with van der Waals surface area (Å²) in [4.78, 5) is 0.133. The molecule has 1 fully saturated rings. The summed E-state index contributed by atoms with van der Waals surface area (Å²) >= 11 is 0. The molecule has 1 aliphatic rings. The van der Waals surface area contributed by atoms with Gasteiger partial charge in [-0.05, 0) is 50.5 Å². The molecule has 0 radical (unpaired) electrons. The molecule has 1 heterocycles. The van der Waals surface area contributed by atoms with E-state index in [1.54, 1.807) is 12.1 Å². The Morgan fingerprint density at radius 2 is 2.05 bits per heavy atom. The van der Waals surface area contributed by atoms with Crippen molar-refractivity contribution >= 4 is 15.7 Å². The number of hydrogen-bond donors (Lipinski definition) is 2. The van der Waals surface area contributed by atoms with Crippen molar-refractivity contribution in [2.75, 3.05) is 11.9 Å². The number of primary sulfonamides is 1. The highest BCUT2D eigenvalue weighted by Gasteiger charge is 2.31. The zero-order chi connectivity index (χ0) is 14.8. The predicted molar refractivity (Wildman–Crippen MR) is 79.1 cm³/mol. The van der Waals surface area contributed by atoms with Gasteiger partial charge in [0.15, 0.2) is 0 Å². The first kappa shape index (κ1) is 15.3. The summed E-state index contributed by atoms with van der Waals surface area (Å²) in [7, 11) is -3.62. The van der Waals surface area contributed by atoms with Crippen LogP contribution in [0.5, 0.6) is 0 Å². The van der Waals surface area contributed by atoms with E-state index in [0.717, 1.165) is 31.6 Å². The van der Waals surface area contributed by atoms with Crippen LogP contribution in [-0.4, -0.2) is 26.7 Å². The quantitative estimate of drug-likeness (QED) is 0.892. The molecule has 0 saturated carbocycles. The Kier molecular flexibility index (Phi) is 4.36. The molecule has 0 amide bonds. The molecular weight excluding hydrogens is 276 g/mol. The van der Waals surface area contributed by atoms with Gasteiger partial charge in [0.1, 0.15) is 0 Å². The van der Waals surface area contributed by atoms with Crippen LogP contribution in [0.25, 0.3) is 0 Å². The van der Waals surface area contributed by atoms with E-state index < -0.39 is 10.0 Å². The fraction of sp³-hybridized carbons (Fsp3) is 0.571. The minimum Gasteiger partial charge on any atom is -0.382 e. The van der Waals surface area contributed by atoms with Gasteiger partial charge in [0.25, 0.3) is 0 Å². The molecule has 1 aromatic rings. The van der Waals surface area contributed by atoms with Gasteiger partial charge in [0, 0.05) is 18.3 Å². The number of anilines is 1. The highest BCUT2D eigenvalue weighted by Crippen LogP contribution is 2.29. The summed E-state index contributed by atoms with van der Waals surface area (Å²) in [6.45, 7) is 5.01. The Labute approximate surface area is 120 Å². The molecule has 112 valence electrons. The van der Waals surface area contributed by atoms with Crippen molar-refractivity contribution in [3.8, 4) is 0 Å². The largest absolute Gasteiger partial charge is 0.382 e. The van der Waals surface area contributed by atoms with Crippen LogP contribution in [0.15, 0.2) is 29.2 Å². The Bertz CT molecular complexity index is 556. The highest BCUT2D eigenvalue weighted by atomic mass is 32.2. The average molecular weight is 298 g/mol. The van der Waals surface area contributed by atoms with Crippen LogP contribution in [0.3, 0.4) is 0 Å². The third-order valence-corrected chi connectivity index (χ3v) is 4.83. The summed E-state index contributed by atoms with van der Waals surface area (Å²) < 4.78 is 28.2. The van der Waals surface area contributed by atoms with Crippen LogP contribution >= 0.6 is 0 Å². The van der Waals surface area contributed by atoms with Gasteiger partial charge < -0.3 is 10.1 Å². The van der Waals surface area contributed by atoms with Crippen molar-refractivity contribution in [2.24, 2.45) is 5.14 Å². The highest BCUT2D eigenvalue weighted by molar-refractivity contribution is 7.89. The number of nitrogens with one attached hydrogen (secondary N) is 1. The van der Waals surface area contributed by atoms with E-state index in [4.69, 9.17) is 9.88 Å². The van der Waals surface area contributed by atoms with E-state index in [1.807, 2.05) is 0 Å². The molecule has 2 rings (SSSR count). The first-order chi connectivity index (χ1) is 9.32. The van der Waals surface area contributed by atoms with Crippen molar-refractivity contribution in [2.45, 2.75) is 49.6 Å². The summed E-state index contributed by atoms with van der Waals surface area (Å²) in [5.41, 5.74) is 0.832. The fourth-order valence-electron chi connectivity index (χ4n) is 2.48. The SMILES string of the molecule is CCC1(C)CC(Nc2ccc(S(N)(=O)=O)cc2)CCO1. The number of benzene rings is 1. The Balaban J connectivity index is 2.03. The molecule has 5 nitrogen and oxygen atoms in total. The molecule has 20 heavy (non-hydrogen) atoms. The van der Waals surface area contributed by atoms with Crippen LogP contribution in [0.2, 0.25) is 0 Å². The van der Waals surface area contributed by atoms with Gasteiger partial charge in [-0.1, -0.05) is 6.92 Å². The minimum atomic E-state index is -3.62. The fourth-order valence-corrected chi connectivity index (χ4v) is 2.99. The molecule has 3 N–H and O–H groups in total. The lowest BCUT2D eigenvalue weighted by Crippen LogP contribution is -2.41. The van der Waals surface area contributed by atoms with E-state index in [2.05, 4.69) is 19.2 Å².